The summed E-state index contributed by atoms with van der Waals surface area (Å²) >= 11 is 2.97. The van der Waals surface area contributed by atoms with Crippen molar-refractivity contribution in [2.24, 2.45) is 0 Å². The Hall–Kier alpha value is -3.63. The second-order valence-corrected chi connectivity index (χ2v) is 11.4. The van der Waals surface area contributed by atoms with Gasteiger partial charge in [-0.05, 0) is 42.7 Å². The lowest BCUT2D eigenvalue weighted by Gasteiger charge is -2.12. The second-order valence-electron chi connectivity index (χ2n) is 9.23. The number of allylic oxidation sites excluding steroid dienone is 1. The molecule has 2 aromatic carbocycles. The topological polar surface area (TPSA) is 98.1 Å². The molecule has 10 heteroatoms. The van der Waals surface area contributed by atoms with Crippen molar-refractivity contribution in [1.29, 1.82) is 0 Å². The fourth-order valence-electron chi connectivity index (χ4n) is 4.82. The lowest BCUT2D eigenvalue weighted by molar-refractivity contribution is -0.115. The second kappa shape index (κ2) is 12.5. The molecular formula is C29H31N5O3S2. The number of amides is 1. The molecule has 5 rings (SSSR count). The number of aromatic nitrogens is 3. The number of carbonyl (C=O) groups is 2. The maximum atomic E-state index is 12.8. The molecule has 39 heavy (non-hydrogen) atoms. The Morgan fingerprint density at radius 1 is 1.15 bits per heavy atom. The van der Waals surface area contributed by atoms with E-state index in [0.717, 1.165) is 53.3 Å². The van der Waals surface area contributed by atoms with E-state index >= 15 is 0 Å². The Morgan fingerprint density at radius 2 is 1.97 bits per heavy atom. The van der Waals surface area contributed by atoms with Crippen molar-refractivity contribution >= 4 is 56.4 Å². The zero-order valence-electron chi connectivity index (χ0n) is 21.9. The number of thiophene rings is 1. The summed E-state index contributed by atoms with van der Waals surface area (Å²) in [7, 11) is 1.38. The van der Waals surface area contributed by atoms with Gasteiger partial charge in [0, 0.05) is 34.7 Å². The molecule has 0 spiro atoms. The van der Waals surface area contributed by atoms with Gasteiger partial charge in [0.2, 0.25) is 5.91 Å². The van der Waals surface area contributed by atoms with E-state index in [0.29, 0.717) is 29.4 Å². The fourth-order valence-corrected chi connectivity index (χ4v) is 7.02. The molecule has 1 aliphatic rings. The van der Waals surface area contributed by atoms with Crippen LogP contribution in [0.2, 0.25) is 0 Å². The number of esters is 1. The van der Waals surface area contributed by atoms with Gasteiger partial charge in [0.15, 0.2) is 11.0 Å². The van der Waals surface area contributed by atoms with Crippen LogP contribution in [0, 0.1) is 0 Å². The third-order valence-electron chi connectivity index (χ3n) is 6.71. The van der Waals surface area contributed by atoms with E-state index in [1.807, 2.05) is 28.8 Å². The minimum Gasteiger partial charge on any atom is -0.465 e. The van der Waals surface area contributed by atoms with Crippen molar-refractivity contribution in [3.63, 3.8) is 0 Å². The summed E-state index contributed by atoms with van der Waals surface area (Å²) in [6.07, 6.45) is 6.02. The summed E-state index contributed by atoms with van der Waals surface area (Å²) in [4.78, 5) is 26.5. The number of thioether (sulfide) groups is 1. The summed E-state index contributed by atoms with van der Waals surface area (Å²) in [6, 6.07) is 14.4. The summed E-state index contributed by atoms with van der Waals surface area (Å²) in [6.45, 7) is 4.96. The first-order valence-corrected chi connectivity index (χ1v) is 14.8. The summed E-state index contributed by atoms with van der Waals surface area (Å²) in [5, 5.41) is 18.9. The number of rotatable bonds is 11. The molecule has 0 atom stereocenters. The normalized spacial score (nSPS) is 12.6. The number of benzene rings is 2. The van der Waals surface area contributed by atoms with E-state index < -0.39 is 0 Å². The first kappa shape index (κ1) is 27.0. The minimum atomic E-state index is -0.388. The lowest BCUT2D eigenvalue weighted by atomic mass is 9.95. The van der Waals surface area contributed by atoms with Crippen LogP contribution in [-0.4, -0.2) is 39.5 Å². The molecule has 202 valence electrons. The first-order chi connectivity index (χ1) is 19.1. The molecule has 0 aliphatic heterocycles. The number of ether oxygens (including phenoxy) is 1. The van der Waals surface area contributed by atoms with Crippen LogP contribution in [0.4, 0.5) is 10.7 Å². The molecule has 0 saturated heterocycles. The number of methoxy groups -OCH3 is 1. The number of fused-ring (bicyclic) bond motifs is 2. The molecule has 4 aromatic rings. The summed E-state index contributed by atoms with van der Waals surface area (Å²) < 4.78 is 7.02. The fraction of sp³-hybridized carbons (Fsp3) is 0.310. The maximum absolute atomic E-state index is 12.8. The van der Waals surface area contributed by atoms with Crippen molar-refractivity contribution in [2.45, 2.75) is 50.4 Å². The quantitative estimate of drug-likeness (QED) is 0.130. The highest BCUT2D eigenvalue weighted by Gasteiger charge is 2.27. The number of hydrogen-bond donors (Lipinski definition) is 2. The lowest BCUT2D eigenvalue weighted by Crippen LogP contribution is -2.15. The first-order valence-electron chi connectivity index (χ1n) is 13.0. The highest BCUT2D eigenvalue weighted by Crippen LogP contribution is 2.38. The van der Waals surface area contributed by atoms with Gasteiger partial charge in [-0.2, -0.15) is 0 Å². The number of hydrogen-bond acceptors (Lipinski definition) is 8. The largest absolute Gasteiger partial charge is 0.465 e. The van der Waals surface area contributed by atoms with Gasteiger partial charge in [-0.1, -0.05) is 54.2 Å². The number of carbonyl (C=O) groups excluding carboxylic acids is 2. The van der Waals surface area contributed by atoms with Crippen LogP contribution < -0.4 is 10.6 Å². The molecule has 2 N–H and O–H groups in total. The predicted octanol–water partition coefficient (Wildman–Crippen LogP) is 6.08. The molecule has 0 fully saturated rings. The van der Waals surface area contributed by atoms with Crippen LogP contribution in [0.5, 0.6) is 0 Å². The molecule has 1 amide bonds. The average molecular weight is 562 g/mol. The van der Waals surface area contributed by atoms with E-state index in [9.17, 15) is 9.59 Å². The van der Waals surface area contributed by atoms with Gasteiger partial charge < -0.3 is 19.9 Å². The van der Waals surface area contributed by atoms with Crippen LogP contribution in [0.3, 0.4) is 0 Å². The van der Waals surface area contributed by atoms with Gasteiger partial charge in [-0.25, -0.2) is 4.79 Å². The Labute approximate surface area is 235 Å². The van der Waals surface area contributed by atoms with Crippen LogP contribution in [-0.2, 0) is 35.5 Å². The predicted molar refractivity (Wildman–Crippen MR) is 158 cm³/mol. The van der Waals surface area contributed by atoms with E-state index in [2.05, 4.69) is 51.7 Å². The van der Waals surface area contributed by atoms with E-state index in [1.54, 1.807) is 0 Å². The monoisotopic (exact) mass is 561 g/mol. The molecule has 1 aliphatic carbocycles. The van der Waals surface area contributed by atoms with Crippen LogP contribution in [0.1, 0.15) is 45.9 Å². The van der Waals surface area contributed by atoms with Crippen molar-refractivity contribution in [3.05, 3.63) is 76.9 Å². The highest BCUT2D eigenvalue weighted by atomic mass is 32.2. The van der Waals surface area contributed by atoms with E-state index in [1.165, 1.54) is 40.5 Å². The zero-order valence-corrected chi connectivity index (χ0v) is 23.5. The van der Waals surface area contributed by atoms with Crippen LogP contribution >= 0.6 is 23.1 Å². The van der Waals surface area contributed by atoms with Gasteiger partial charge in [0.05, 0.1) is 19.2 Å². The number of anilines is 2. The molecule has 0 radical (unpaired) electrons. The third-order valence-corrected chi connectivity index (χ3v) is 8.88. The number of aryl methyl sites for hydroxylation is 1. The minimum absolute atomic E-state index is 0.140. The van der Waals surface area contributed by atoms with E-state index in [-0.39, 0.29) is 18.3 Å². The van der Waals surface area contributed by atoms with Crippen LogP contribution in [0.15, 0.2) is 60.3 Å². The zero-order chi connectivity index (χ0) is 27.2. The van der Waals surface area contributed by atoms with Gasteiger partial charge >= 0.3 is 5.97 Å². The SMILES string of the molecule is C=CCn1c(CNc2cccc3ccccc23)nnc1SCCC(=O)Nc1sc2c(c1C(=O)OC)CCCC2. The van der Waals surface area contributed by atoms with Gasteiger partial charge in [-0.3, -0.25) is 4.79 Å². The highest BCUT2D eigenvalue weighted by molar-refractivity contribution is 7.99. The third kappa shape index (κ3) is 6.02. The molecule has 0 unspecified atom stereocenters. The number of nitrogens with zero attached hydrogens (tertiary/aromatic N) is 3. The Bertz CT molecular complexity index is 1500. The Kier molecular flexibility index (Phi) is 8.63. The molecule has 0 saturated carbocycles. The summed E-state index contributed by atoms with van der Waals surface area (Å²) in [5.41, 5.74) is 2.59. The molecule has 2 heterocycles. The molecule has 8 nitrogen and oxygen atoms in total. The number of nitrogens with one attached hydrogen (secondary N) is 2. The van der Waals surface area contributed by atoms with Crippen LogP contribution in [0.25, 0.3) is 10.8 Å². The Balaban J connectivity index is 1.21. The molecule has 0 bridgehead atoms. The van der Waals surface area contributed by atoms with Gasteiger partial charge in [0.25, 0.3) is 0 Å². The Morgan fingerprint density at radius 3 is 2.82 bits per heavy atom. The van der Waals surface area contributed by atoms with Gasteiger partial charge in [0.1, 0.15) is 5.00 Å². The van der Waals surface area contributed by atoms with Crippen molar-refractivity contribution < 1.29 is 14.3 Å². The van der Waals surface area contributed by atoms with E-state index in [4.69, 9.17) is 4.74 Å². The van der Waals surface area contributed by atoms with Gasteiger partial charge in [-0.15, -0.1) is 28.1 Å². The summed E-state index contributed by atoms with van der Waals surface area (Å²) in [5.74, 6) is 0.790. The molecular weight excluding hydrogens is 530 g/mol. The van der Waals surface area contributed by atoms with Crippen molar-refractivity contribution in [1.82, 2.24) is 14.8 Å². The maximum Gasteiger partial charge on any atom is 0.341 e. The smallest absolute Gasteiger partial charge is 0.341 e. The standard InChI is InChI=1S/C29H31N5O3S2/c1-3-16-34-24(18-30-22-13-8-10-19-9-4-5-11-20(19)22)32-33-29(34)38-17-15-25(35)31-27-26(28(36)37-2)21-12-6-7-14-23(21)39-27/h3-5,8-11,13,30H,1,6-7,12,14-18H2,2H3,(H,31,35). The van der Waals surface area contributed by atoms with Crippen molar-refractivity contribution in [3.8, 4) is 0 Å². The molecule has 2 aromatic heterocycles. The average Bonchev–Trinajstić information content (AvgIpc) is 3.52. The van der Waals surface area contributed by atoms with Crippen molar-refractivity contribution in [2.75, 3.05) is 23.5 Å².